The minimum absolute atomic E-state index is 0.0866. The van der Waals surface area contributed by atoms with Crippen LogP contribution in [0.3, 0.4) is 0 Å². The summed E-state index contributed by atoms with van der Waals surface area (Å²) in [5, 5.41) is 2.61. The summed E-state index contributed by atoms with van der Waals surface area (Å²) in [6.07, 6.45) is 0. The standard InChI is InChI=1S/C19H23FN2O3S/c1-12(2)18(19(23)21-17-7-5-6-16(20)14(17)4)22-26(24,25)15-10-8-13(3)9-11-15/h5-12,18,22H,1-4H3,(H,21,23). The Balaban J connectivity index is 2.24. The zero-order valence-corrected chi connectivity index (χ0v) is 16.0. The van der Waals surface area contributed by atoms with Gasteiger partial charge >= 0.3 is 0 Å². The van der Waals surface area contributed by atoms with Gasteiger partial charge < -0.3 is 5.32 Å². The normalized spacial score (nSPS) is 12.8. The molecule has 0 saturated carbocycles. The number of hydrogen-bond donors (Lipinski definition) is 2. The summed E-state index contributed by atoms with van der Waals surface area (Å²) in [5.74, 6) is -1.28. The van der Waals surface area contributed by atoms with Crippen molar-refractivity contribution in [1.82, 2.24) is 4.72 Å². The first-order valence-electron chi connectivity index (χ1n) is 8.27. The molecule has 1 amide bonds. The summed E-state index contributed by atoms with van der Waals surface area (Å²) in [6, 6.07) is 9.72. The number of carbonyl (C=O) groups excluding carboxylic acids is 1. The maximum absolute atomic E-state index is 13.7. The van der Waals surface area contributed by atoms with Crippen molar-refractivity contribution >= 4 is 21.6 Å². The molecule has 0 heterocycles. The van der Waals surface area contributed by atoms with Gasteiger partial charge in [0.2, 0.25) is 15.9 Å². The van der Waals surface area contributed by atoms with Gasteiger partial charge in [-0.15, -0.1) is 0 Å². The van der Waals surface area contributed by atoms with Crippen LogP contribution in [0.2, 0.25) is 0 Å². The second-order valence-electron chi connectivity index (χ2n) is 6.56. The SMILES string of the molecule is Cc1ccc(S(=O)(=O)NC(C(=O)Nc2cccc(F)c2C)C(C)C)cc1. The number of nitrogens with one attached hydrogen (secondary N) is 2. The largest absolute Gasteiger partial charge is 0.324 e. The molecule has 0 aliphatic carbocycles. The Morgan fingerprint density at radius 3 is 2.23 bits per heavy atom. The number of aryl methyl sites for hydroxylation is 1. The lowest BCUT2D eigenvalue weighted by Gasteiger charge is -2.22. The third-order valence-corrected chi connectivity index (χ3v) is 5.55. The van der Waals surface area contributed by atoms with Gasteiger partial charge in [-0.05, 0) is 44.0 Å². The van der Waals surface area contributed by atoms with Crippen molar-refractivity contribution in [2.45, 2.75) is 38.6 Å². The minimum Gasteiger partial charge on any atom is -0.324 e. The van der Waals surface area contributed by atoms with Gasteiger partial charge in [-0.2, -0.15) is 4.72 Å². The molecule has 2 aromatic rings. The van der Waals surface area contributed by atoms with E-state index in [1.54, 1.807) is 39.0 Å². The van der Waals surface area contributed by atoms with Crippen molar-refractivity contribution in [1.29, 1.82) is 0 Å². The molecule has 1 atom stereocenters. The highest BCUT2D eigenvalue weighted by molar-refractivity contribution is 7.89. The quantitative estimate of drug-likeness (QED) is 0.809. The highest BCUT2D eigenvalue weighted by atomic mass is 32.2. The summed E-state index contributed by atoms with van der Waals surface area (Å²) >= 11 is 0. The van der Waals surface area contributed by atoms with Crippen molar-refractivity contribution in [2.24, 2.45) is 5.92 Å². The molecule has 140 valence electrons. The van der Waals surface area contributed by atoms with Crippen LogP contribution in [0.5, 0.6) is 0 Å². The second-order valence-corrected chi connectivity index (χ2v) is 8.27. The van der Waals surface area contributed by atoms with Crippen LogP contribution in [-0.4, -0.2) is 20.4 Å². The van der Waals surface area contributed by atoms with Gasteiger partial charge in [-0.25, -0.2) is 12.8 Å². The average Bonchev–Trinajstić information content (AvgIpc) is 2.57. The molecule has 1 unspecified atom stereocenters. The highest BCUT2D eigenvalue weighted by Gasteiger charge is 2.28. The lowest BCUT2D eigenvalue weighted by molar-refractivity contribution is -0.118. The number of rotatable bonds is 6. The molecule has 2 aromatic carbocycles. The van der Waals surface area contributed by atoms with E-state index in [-0.39, 0.29) is 10.8 Å². The number of amides is 1. The third-order valence-electron chi connectivity index (χ3n) is 4.09. The predicted molar refractivity (Wildman–Crippen MR) is 99.9 cm³/mol. The maximum atomic E-state index is 13.7. The first-order chi connectivity index (χ1) is 12.1. The van der Waals surface area contributed by atoms with Crippen molar-refractivity contribution in [3.05, 3.63) is 59.4 Å². The lowest BCUT2D eigenvalue weighted by Crippen LogP contribution is -2.47. The number of hydrogen-bond acceptors (Lipinski definition) is 3. The van der Waals surface area contributed by atoms with Gasteiger partial charge in [0.15, 0.2) is 0 Å². The molecular formula is C19H23FN2O3S. The summed E-state index contributed by atoms with van der Waals surface area (Å²) in [5.41, 5.74) is 1.55. The molecule has 0 radical (unpaired) electrons. The summed E-state index contributed by atoms with van der Waals surface area (Å²) in [4.78, 5) is 12.7. The molecule has 26 heavy (non-hydrogen) atoms. The Morgan fingerprint density at radius 1 is 1.04 bits per heavy atom. The molecule has 0 aromatic heterocycles. The van der Waals surface area contributed by atoms with Gasteiger partial charge in [-0.3, -0.25) is 4.79 Å². The summed E-state index contributed by atoms with van der Waals surface area (Å²) in [7, 11) is -3.86. The Morgan fingerprint density at radius 2 is 1.65 bits per heavy atom. The molecule has 0 bridgehead atoms. The minimum atomic E-state index is -3.86. The summed E-state index contributed by atoms with van der Waals surface area (Å²) < 4.78 is 41.3. The van der Waals surface area contributed by atoms with E-state index in [9.17, 15) is 17.6 Å². The molecule has 5 nitrogen and oxygen atoms in total. The molecule has 0 fully saturated rings. The fourth-order valence-electron chi connectivity index (χ4n) is 2.40. The Bertz CT molecular complexity index is 894. The van der Waals surface area contributed by atoms with Crippen LogP contribution in [-0.2, 0) is 14.8 Å². The van der Waals surface area contributed by atoms with Crippen LogP contribution in [0.1, 0.15) is 25.0 Å². The Hall–Kier alpha value is -2.25. The van der Waals surface area contributed by atoms with E-state index in [1.165, 1.54) is 24.3 Å². The fraction of sp³-hybridized carbons (Fsp3) is 0.316. The van der Waals surface area contributed by atoms with E-state index in [0.717, 1.165) is 5.56 Å². The van der Waals surface area contributed by atoms with E-state index >= 15 is 0 Å². The molecule has 2 N–H and O–H groups in total. The van der Waals surface area contributed by atoms with Crippen LogP contribution in [0.15, 0.2) is 47.4 Å². The molecule has 2 rings (SSSR count). The van der Waals surface area contributed by atoms with E-state index in [2.05, 4.69) is 10.0 Å². The van der Waals surface area contributed by atoms with Gasteiger partial charge in [0, 0.05) is 11.3 Å². The van der Waals surface area contributed by atoms with Crippen molar-refractivity contribution in [3.8, 4) is 0 Å². The van der Waals surface area contributed by atoms with Gasteiger partial charge in [0.05, 0.1) is 4.90 Å². The average molecular weight is 378 g/mol. The number of anilines is 1. The van der Waals surface area contributed by atoms with E-state index in [0.29, 0.717) is 11.3 Å². The van der Waals surface area contributed by atoms with Crippen LogP contribution in [0.25, 0.3) is 0 Å². The Labute approximate surface area is 153 Å². The first-order valence-corrected chi connectivity index (χ1v) is 9.75. The zero-order valence-electron chi connectivity index (χ0n) is 15.2. The van der Waals surface area contributed by atoms with Crippen LogP contribution in [0, 0.1) is 25.6 Å². The molecule has 0 spiro atoms. The van der Waals surface area contributed by atoms with E-state index < -0.39 is 27.8 Å². The molecule has 7 heteroatoms. The van der Waals surface area contributed by atoms with Gasteiger partial charge in [0.1, 0.15) is 11.9 Å². The molecule has 0 aliphatic rings. The number of sulfonamides is 1. The number of carbonyl (C=O) groups is 1. The smallest absolute Gasteiger partial charge is 0.242 e. The summed E-state index contributed by atoms with van der Waals surface area (Å²) in [6.45, 7) is 6.88. The second kappa shape index (κ2) is 7.97. The van der Waals surface area contributed by atoms with Crippen molar-refractivity contribution in [2.75, 3.05) is 5.32 Å². The number of halogens is 1. The van der Waals surface area contributed by atoms with Crippen LogP contribution < -0.4 is 10.0 Å². The monoisotopic (exact) mass is 378 g/mol. The van der Waals surface area contributed by atoms with Gasteiger partial charge in [0.25, 0.3) is 0 Å². The maximum Gasteiger partial charge on any atom is 0.242 e. The zero-order chi connectivity index (χ0) is 19.5. The molecule has 0 saturated heterocycles. The number of benzene rings is 2. The Kier molecular flexibility index (Phi) is 6.15. The van der Waals surface area contributed by atoms with Crippen molar-refractivity contribution < 1.29 is 17.6 Å². The third kappa shape index (κ3) is 4.68. The van der Waals surface area contributed by atoms with E-state index in [4.69, 9.17) is 0 Å². The fourth-order valence-corrected chi connectivity index (χ4v) is 3.74. The topological polar surface area (TPSA) is 75.3 Å². The molecule has 0 aliphatic heterocycles. The highest BCUT2D eigenvalue weighted by Crippen LogP contribution is 2.19. The predicted octanol–water partition coefficient (Wildman–Crippen LogP) is 3.38. The van der Waals surface area contributed by atoms with E-state index in [1.807, 2.05) is 6.92 Å². The lowest BCUT2D eigenvalue weighted by atomic mass is 10.0. The van der Waals surface area contributed by atoms with Crippen molar-refractivity contribution in [3.63, 3.8) is 0 Å². The van der Waals surface area contributed by atoms with Gasteiger partial charge in [-0.1, -0.05) is 37.6 Å². The van der Waals surface area contributed by atoms with Crippen LogP contribution in [0.4, 0.5) is 10.1 Å². The first kappa shape index (κ1) is 20.1. The molecular weight excluding hydrogens is 355 g/mol. The van der Waals surface area contributed by atoms with Crippen LogP contribution >= 0.6 is 0 Å².